The molecule has 4 aromatic rings. The lowest BCUT2D eigenvalue weighted by molar-refractivity contribution is -0.408. The molecule has 0 aliphatic carbocycles. The number of anilines is 1. The van der Waals surface area contributed by atoms with Crippen LogP contribution < -0.4 is 32.9 Å². The zero-order valence-electron chi connectivity index (χ0n) is 20.1. The second kappa shape index (κ2) is 11.4. The van der Waals surface area contributed by atoms with Crippen molar-refractivity contribution in [3.63, 3.8) is 0 Å². The topological polar surface area (TPSA) is 88.1 Å². The third-order valence-corrected chi connectivity index (χ3v) is 6.81. The number of ether oxygens (including phenoxy) is 2. The molecule has 8 heteroatoms. The number of methoxy groups -OCH3 is 2. The van der Waals surface area contributed by atoms with Gasteiger partial charge in [-0.05, 0) is 65.8 Å². The first-order chi connectivity index (χ1) is 16.4. The van der Waals surface area contributed by atoms with Gasteiger partial charge in [0.25, 0.3) is 5.91 Å². The summed E-state index contributed by atoms with van der Waals surface area (Å²) >= 11 is 1.43. The van der Waals surface area contributed by atoms with Crippen molar-refractivity contribution >= 4 is 23.1 Å². The lowest BCUT2D eigenvalue weighted by Crippen LogP contribution is -3.00. The van der Waals surface area contributed by atoms with Crippen LogP contribution in [0, 0.1) is 13.8 Å². The molecule has 0 spiro atoms. The Balaban J connectivity index is 0.00000342. The number of hydrogen-bond donors (Lipinski definition) is 2. The molecule has 0 fully saturated rings. The Kier molecular flexibility index (Phi) is 8.51. The highest BCUT2D eigenvalue weighted by atomic mass is 35.5. The van der Waals surface area contributed by atoms with Crippen molar-refractivity contribution in [1.29, 1.82) is 0 Å². The summed E-state index contributed by atoms with van der Waals surface area (Å²) in [7, 11) is 3.27. The van der Waals surface area contributed by atoms with Gasteiger partial charge in [0.15, 0.2) is 6.04 Å². The standard InChI is InChI=1S/C27H27N3O3S.ClH/c1-16-12-20(14-24(33-4)17(16)2)26-21(15-29-34-26)19-10-11-23(32-3)22(13-19)30-27(31)25(28)18-8-6-5-7-9-18;/h5-15,25H,28H2,1-4H3,(H,30,31);1H/t25-;/m1./s1. The van der Waals surface area contributed by atoms with Gasteiger partial charge in [-0.1, -0.05) is 42.5 Å². The summed E-state index contributed by atoms with van der Waals surface area (Å²) in [6.45, 7) is 4.13. The summed E-state index contributed by atoms with van der Waals surface area (Å²) in [5.74, 6) is 1.22. The lowest BCUT2D eigenvalue weighted by atomic mass is 9.99. The molecule has 1 amide bonds. The van der Waals surface area contributed by atoms with E-state index in [1.165, 1.54) is 11.5 Å². The van der Waals surface area contributed by atoms with E-state index in [1.54, 1.807) is 14.2 Å². The number of benzene rings is 3. The van der Waals surface area contributed by atoms with Crippen LogP contribution in [0.1, 0.15) is 22.7 Å². The van der Waals surface area contributed by atoms with Crippen molar-refractivity contribution in [2.45, 2.75) is 19.9 Å². The highest BCUT2D eigenvalue weighted by molar-refractivity contribution is 7.10. The van der Waals surface area contributed by atoms with Crippen LogP contribution in [0.25, 0.3) is 21.6 Å². The van der Waals surface area contributed by atoms with Crippen molar-refractivity contribution in [2.24, 2.45) is 0 Å². The molecular formula is C27H28ClN3O3S. The van der Waals surface area contributed by atoms with Crippen LogP contribution in [0.2, 0.25) is 0 Å². The largest absolute Gasteiger partial charge is 1.00 e. The number of carbonyl (C=O) groups excluding carboxylic acids is 1. The highest BCUT2D eigenvalue weighted by Gasteiger charge is 2.22. The number of rotatable bonds is 7. The predicted molar refractivity (Wildman–Crippen MR) is 136 cm³/mol. The van der Waals surface area contributed by atoms with Crippen LogP contribution in [0.15, 0.2) is 66.9 Å². The van der Waals surface area contributed by atoms with E-state index in [0.717, 1.165) is 44.0 Å². The number of nitrogens with one attached hydrogen (secondary N) is 1. The molecule has 0 aliphatic rings. The zero-order valence-corrected chi connectivity index (χ0v) is 21.7. The smallest absolute Gasteiger partial charge is 0.287 e. The van der Waals surface area contributed by atoms with Gasteiger partial charge in [-0.3, -0.25) is 4.79 Å². The van der Waals surface area contributed by atoms with E-state index in [9.17, 15) is 4.79 Å². The fraction of sp³-hybridized carbons (Fsp3) is 0.185. The first-order valence-corrected chi connectivity index (χ1v) is 11.7. The Labute approximate surface area is 215 Å². The molecule has 1 atom stereocenters. The van der Waals surface area contributed by atoms with Crippen LogP contribution in [0.3, 0.4) is 0 Å². The van der Waals surface area contributed by atoms with E-state index in [4.69, 9.17) is 9.47 Å². The molecule has 0 bridgehead atoms. The summed E-state index contributed by atoms with van der Waals surface area (Å²) in [6, 6.07) is 18.9. The summed E-state index contributed by atoms with van der Waals surface area (Å²) < 4.78 is 15.5. The minimum absolute atomic E-state index is 0. The van der Waals surface area contributed by atoms with E-state index >= 15 is 0 Å². The van der Waals surface area contributed by atoms with Crippen LogP contribution in [0.4, 0.5) is 5.69 Å². The number of halogens is 1. The van der Waals surface area contributed by atoms with Crippen molar-refractivity contribution in [3.05, 3.63) is 83.6 Å². The van der Waals surface area contributed by atoms with Crippen molar-refractivity contribution in [2.75, 3.05) is 19.5 Å². The number of hydrogen-bond acceptors (Lipinski definition) is 5. The van der Waals surface area contributed by atoms with Crippen molar-refractivity contribution < 1.29 is 32.4 Å². The molecule has 4 rings (SSSR count). The van der Waals surface area contributed by atoms with Gasteiger partial charge in [0.05, 0.1) is 24.8 Å². The Morgan fingerprint density at radius 1 is 0.971 bits per heavy atom. The summed E-state index contributed by atoms with van der Waals surface area (Å²) in [4.78, 5) is 14.0. The summed E-state index contributed by atoms with van der Waals surface area (Å²) in [5.41, 5.74) is 10.7. The minimum Gasteiger partial charge on any atom is -1.00 e. The van der Waals surface area contributed by atoms with Gasteiger partial charge >= 0.3 is 0 Å². The van der Waals surface area contributed by atoms with Crippen LogP contribution in [0.5, 0.6) is 11.5 Å². The molecule has 4 N–H and O–H groups in total. The summed E-state index contributed by atoms with van der Waals surface area (Å²) in [5, 5.41) is 2.99. The monoisotopic (exact) mass is 509 g/mol. The van der Waals surface area contributed by atoms with E-state index in [0.29, 0.717) is 11.4 Å². The van der Waals surface area contributed by atoms with E-state index in [1.807, 2.05) is 60.8 Å². The maximum Gasteiger partial charge on any atom is 0.287 e. The number of aromatic nitrogens is 1. The number of amides is 1. The molecule has 1 aromatic heterocycles. The van der Waals surface area contributed by atoms with E-state index in [-0.39, 0.29) is 18.3 Å². The number of aryl methyl sites for hydroxylation is 1. The second-order valence-electron chi connectivity index (χ2n) is 8.06. The SMILES string of the molecule is COc1ccc(-c2cnsc2-c2cc(C)c(C)c(OC)c2)cc1NC(=O)[C@H]([NH3+])c1ccccc1.[Cl-]. The van der Waals surface area contributed by atoms with Gasteiger partial charge in [-0.2, -0.15) is 4.37 Å². The molecular weight excluding hydrogens is 482 g/mol. The quantitative estimate of drug-likeness (QED) is 0.399. The van der Waals surface area contributed by atoms with E-state index < -0.39 is 6.04 Å². The first-order valence-electron chi connectivity index (χ1n) is 10.9. The van der Waals surface area contributed by atoms with Crippen LogP contribution >= 0.6 is 11.5 Å². The maximum absolute atomic E-state index is 13.0. The molecule has 182 valence electrons. The Hall–Kier alpha value is -3.39. The molecule has 0 aliphatic heterocycles. The van der Waals surface area contributed by atoms with Gasteiger partial charge in [-0.25, -0.2) is 0 Å². The average molecular weight is 510 g/mol. The van der Waals surface area contributed by atoms with E-state index in [2.05, 4.69) is 35.3 Å². The van der Waals surface area contributed by atoms with Gasteiger partial charge in [0.1, 0.15) is 11.5 Å². The molecule has 0 unspecified atom stereocenters. The molecule has 6 nitrogen and oxygen atoms in total. The Morgan fingerprint density at radius 2 is 1.69 bits per heavy atom. The number of quaternary nitrogens is 1. The van der Waals surface area contributed by atoms with Crippen LogP contribution in [-0.4, -0.2) is 24.5 Å². The zero-order chi connectivity index (χ0) is 24.2. The third-order valence-electron chi connectivity index (χ3n) is 5.96. The predicted octanol–water partition coefficient (Wildman–Crippen LogP) is 2.04. The highest BCUT2D eigenvalue weighted by Crippen LogP contribution is 2.40. The number of carbonyl (C=O) groups is 1. The maximum atomic E-state index is 13.0. The normalized spacial score (nSPS) is 11.3. The van der Waals surface area contributed by atoms with Crippen molar-refractivity contribution in [3.8, 4) is 33.1 Å². The minimum atomic E-state index is -0.545. The molecule has 35 heavy (non-hydrogen) atoms. The summed E-state index contributed by atoms with van der Waals surface area (Å²) in [6.07, 6.45) is 1.85. The average Bonchev–Trinajstić information content (AvgIpc) is 3.35. The molecule has 0 saturated carbocycles. The first kappa shape index (κ1) is 26.2. The van der Waals surface area contributed by atoms with Crippen molar-refractivity contribution in [1.82, 2.24) is 4.37 Å². The second-order valence-corrected chi connectivity index (χ2v) is 8.86. The number of nitrogens with zero attached hydrogens (tertiary/aromatic N) is 1. The third kappa shape index (κ3) is 5.48. The van der Waals surface area contributed by atoms with Gasteiger partial charge in [-0.15, -0.1) is 0 Å². The fourth-order valence-corrected chi connectivity index (χ4v) is 4.61. The molecule has 3 aromatic carbocycles. The van der Waals surface area contributed by atoms with Gasteiger partial charge in [0.2, 0.25) is 0 Å². The molecule has 1 heterocycles. The molecule has 0 saturated heterocycles. The van der Waals surface area contributed by atoms with Gasteiger partial charge < -0.3 is 32.9 Å². The molecule has 0 radical (unpaired) electrons. The fourth-order valence-electron chi connectivity index (χ4n) is 3.85. The Bertz CT molecular complexity index is 1320. The van der Waals surface area contributed by atoms with Crippen LogP contribution in [-0.2, 0) is 4.79 Å². The Morgan fingerprint density at radius 3 is 2.37 bits per heavy atom. The lowest BCUT2D eigenvalue weighted by Gasteiger charge is -2.15. The van der Waals surface area contributed by atoms with Gasteiger partial charge in [0, 0.05) is 17.3 Å².